The zero-order valence-electron chi connectivity index (χ0n) is 10.1. The molecule has 1 saturated carbocycles. The first-order valence-corrected chi connectivity index (χ1v) is 5.70. The van der Waals surface area contributed by atoms with Crippen LogP contribution < -0.4 is 5.32 Å². The molecule has 0 spiro atoms. The van der Waals surface area contributed by atoms with Gasteiger partial charge < -0.3 is 15.3 Å². The van der Waals surface area contributed by atoms with Crippen molar-refractivity contribution < 1.29 is 14.7 Å². The van der Waals surface area contributed by atoms with Gasteiger partial charge in [0.05, 0.1) is 6.42 Å². The third-order valence-corrected chi connectivity index (χ3v) is 2.87. The van der Waals surface area contributed by atoms with Crippen molar-refractivity contribution in [2.24, 2.45) is 5.92 Å². The first-order chi connectivity index (χ1) is 7.41. The maximum atomic E-state index is 11.8. The molecule has 5 heteroatoms. The molecule has 2 atom stereocenters. The quantitative estimate of drug-likeness (QED) is 0.745. The first kappa shape index (κ1) is 12.8. The predicted octanol–water partition coefficient (Wildman–Crippen LogP) is 1.29. The summed E-state index contributed by atoms with van der Waals surface area (Å²) in [7, 11) is 0. The SMILES string of the molecule is CC1CC1NC(=O)N(CCC(=O)O)C(C)C. The van der Waals surface area contributed by atoms with Crippen LogP contribution in [0.4, 0.5) is 4.79 Å². The molecule has 0 aromatic heterocycles. The van der Waals surface area contributed by atoms with Gasteiger partial charge >= 0.3 is 12.0 Å². The Morgan fingerprint density at radius 3 is 2.44 bits per heavy atom. The summed E-state index contributed by atoms with van der Waals surface area (Å²) in [5.74, 6) is -0.323. The Hall–Kier alpha value is -1.26. The Morgan fingerprint density at radius 1 is 1.50 bits per heavy atom. The molecule has 0 aromatic carbocycles. The zero-order chi connectivity index (χ0) is 12.3. The molecule has 2 N–H and O–H groups in total. The lowest BCUT2D eigenvalue weighted by Crippen LogP contribution is -2.45. The van der Waals surface area contributed by atoms with Gasteiger partial charge in [0, 0.05) is 18.6 Å². The van der Waals surface area contributed by atoms with Crippen LogP contribution in [0.25, 0.3) is 0 Å². The van der Waals surface area contributed by atoms with Gasteiger partial charge in [0.1, 0.15) is 0 Å². The van der Waals surface area contributed by atoms with Crippen molar-refractivity contribution in [2.75, 3.05) is 6.54 Å². The number of amides is 2. The van der Waals surface area contributed by atoms with E-state index in [1.165, 1.54) is 0 Å². The summed E-state index contributed by atoms with van der Waals surface area (Å²) in [6.45, 7) is 6.12. The van der Waals surface area contributed by atoms with Crippen LogP contribution in [0.5, 0.6) is 0 Å². The second kappa shape index (κ2) is 5.18. The van der Waals surface area contributed by atoms with E-state index in [1.54, 1.807) is 4.90 Å². The monoisotopic (exact) mass is 228 g/mol. The normalized spacial score (nSPS) is 23.0. The van der Waals surface area contributed by atoms with Crippen LogP contribution in [-0.2, 0) is 4.79 Å². The van der Waals surface area contributed by atoms with E-state index in [1.807, 2.05) is 13.8 Å². The van der Waals surface area contributed by atoms with Gasteiger partial charge in [-0.25, -0.2) is 4.79 Å². The van der Waals surface area contributed by atoms with Crippen molar-refractivity contribution in [1.29, 1.82) is 0 Å². The molecule has 2 amide bonds. The van der Waals surface area contributed by atoms with Gasteiger partial charge in [-0.15, -0.1) is 0 Å². The fourth-order valence-electron chi connectivity index (χ4n) is 1.58. The molecular weight excluding hydrogens is 208 g/mol. The number of carbonyl (C=O) groups is 2. The van der Waals surface area contributed by atoms with E-state index in [4.69, 9.17) is 5.11 Å². The van der Waals surface area contributed by atoms with E-state index in [-0.39, 0.29) is 31.1 Å². The average Bonchev–Trinajstić information content (AvgIpc) is 2.80. The lowest BCUT2D eigenvalue weighted by atomic mass is 10.3. The number of carboxylic acids is 1. The Bertz CT molecular complexity index is 278. The van der Waals surface area contributed by atoms with E-state index < -0.39 is 5.97 Å². The van der Waals surface area contributed by atoms with Crippen LogP contribution >= 0.6 is 0 Å². The molecule has 92 valence electrons. The number of carboxylic acid groups (broad SMARTS) is 1. The number of carbonyl (C=O) groups excluding carboxylic acids is 1. The number of hydrogen-bond acceptors (Lipinski definition) is 2. The van der Waals surface area contributed by atoms with E-state index >= 15 is 0 Å². The molecule has 16 heavy (non-hydrogen) atoms. The first-order valence-electron chi connectivity index (χ1n) is 5.70. The second-order valence-corrected chi connectivity index (χ2v) is 4.70. The Balaban J connectivity index is 2.41. The van der Waals surface area contributed by atoms with Gasteiger partial charge in [0.2, 0.25) is 0 Å². The Labute approximate surface area is 95.8 Å². The van der Waals surface area contributed by atoms with Gasteiger partial charge in [0.25, 0.3) is 0 Å². The summed E-state index contributed by atoms with van der Waals surface area (Å²) in [4.78, 5) is 23.9. The van der Waals surface area contributed by atoms with Crippen molar-refractivity contribution in [3.05, 3.63) is 0 Å². The molecule has 1 aliphatic carbocycles. The third kappa shape index (κ3) is 3.72. The highest BCUT2D eigenvalue weighted by Gasteiger charge is 2.35. The smallest absolute Gasteiger partial charge is 0.317 e. The minimum Gasteiger partial charge on any atom is -0.481 e. The average molecular weight is 228 g/mol. The fourth-order valence-corrected chi connectivity index (χ4v) is 1.58. The number of rotatable bonds is 5. The zero-order valence-corrected chi connectivity index (χ0v) is 10.1. The second-order valence-electron chi connectivity index (χ2n) is 4.70. The molecule has 0 heterocycles. The van der Waals surface area contributed by atoms with Crippen molar-refractivity contribution >= 4 is 12.0 Å². The molecule has 0 radical (unpaired) electrons. The van der Waals surface area contributed by atoms with Gasteiger partial charge in [-0.05, 0) is 26.2 Å². The van der Waals surface area contributed by atoms with Gasteiger partial charge in [-0.3, -0.25) is 4.79 Å². The van der Waals surface area contributed by atoms with Crippen LogP contribution in [0.2, 0.25) is 0 Å². The molecule has 5 nitrogen and oxygen atoms in total. The third-order valence-electron chi connectivity index (χ3n) is 2.87. The van der Waals surface area contributed by atoms with E-state index in [2.05, 4.69) is 12.2 Å². The lowest BCUT2D eigenvalue weighted by Gasteiger charge is -2.26. The minimum atomic E-state index is -0.877. The number of nitrogens with one attached hydrogen (secondary N) is 1. The van der Waals surface area contributed by atoms with Crippen molar-refractivity contribution in [2.45, 2.75) is 45.7 Å². The molecule has 1 rings (SSSR count). The minimum absolute atomic E-state index is 0.00811. The maximum absolute atomic E-state index is 11.8. The standard InChI is InChI=1S/C11H20N2O3/c1-7(2)13(5-4-10(14)15)11(16)12-9-6-8(9)3/h7-9H,4-6H2,1-3H3,(H,12,16)(H,14,15). The van der Waals surface area contributed by atoms with Crippen LogP contribution in [0.15, 0.2) is 0 Å². The van der Waals surface area contributed by atoms with Crippen LogP contribution in [0.3, 0.4) is 0 Å². The summed E-state index contributed by atoms with van der Waals surface area (Å²) >= 11 is 0. The molecular formula is C11H20N2O3. The number of urea groups is 1. The predicted molar refractivity (Wildman–Crippen MR) is 60.2 cm³/mol. The summed E-state index contributed by atoms with van der Waals surface area (Å²) in [5, 5.41) is 11.5. The van der Waals surface area contributed by atoms with Crippen LogP contribution in [0, 0.1) is 5.92 Å². The summed E-state index contributed by atoms with van der Waals surface area (Å²) in [6.07, 6.45) is 1.02. The summed E-state index contributed by atoms with van der Waals surface area (Å²) in [5.41, 5.74) is 0. The number of nitrogens with zero attached hydrogens (tertiary/aromatic N) is 1. The summed E-state index contributed by atoms with van der Waals surface area (Å²) < 4.78 is 0. The summed E-state index contributed by atoms with van der Waals surface area (Å²) in [6, 6.07) is 0.151. The highest BCUT2D eigenvalue weighted by Crippen LogP contribution is 2.29. The molecule has 0 aliphatic heterocycles. The number of hydrogen-bond donors (Lipinski definition) is 2. The van der Waals surface area contributed by atoms with Crippen LogP contribution in [-0.4, -0.2) is 40.6 Å². The molecule has 0 aromatic rings. The van der Waals surface area contributed by atoms with Gasteiger partial charge in [-0.2, -0.15) is 0 Å². The molecule has 1 aliphatic rings. The van der Waals surface area contributed by atoms with Crippen molar-refractivity contribution in [1.82, 2.24) is 10.2 Å². The number of aliphatic carboxylic acids is 1. The topological polar surface area (TPSA) is 69.6 Å². The fraction of sp³-hybridized carbons (Fsp3) is 0.818. The molecule has 0 saturated heterocycles. The highest BCUT2D eigenvalue weighted by molar-refractivity contribution is 5.76. The van der Waals surface area contributed by atoms with E-state index in [0.29, 0.717) is 5.92 Å². The van der Waals surface area contributed by atoms with Gasteiger partial charge in [0.15, 0.2) is 0 Å². The Kier molecular flexibility index (Phi) is 4.15. The molecule has 1 fully saturated rings. The lowest BCUT2D eigenvalue weighted by molar-refractivity contribution is -0.137. The van der Waals surface area contributed by atoms with Crippen molar-refractivity contribution in [3.8, 4) is 0 Å². The Morgan fingerprint density at radius 2 is 2.06 bits per heavy atom. The van der Waals surface area contributed by atoms with Crippen LogP contribution in [0.1, 0.15) is 33.6 Å². The molecule has 0 bridgehead atoms. The largest absolute Gasteiger partial charge is 0.481 e. The maximum Gasteiger partial charge on any atom is 0.317 e. The highest BCUT2D eigenvalue weighted by atomic mass is 16.4. The van der Waals surface area contributed by atoms with Crippen molar-refractivity contribution in [3.63, 3.8) is 0 Å². The van der Waals surface area contributed by atoms with E-state index in [9.17, 15) is 9.59 Å². The molecule has 2 unspecified atom stereocenters. The van der Waals surface area contributed by atoms with Gasteiger partial charge in [-0.1, -0.05) is 6.92 Å². The van der Waals surface area contributed by atoms with E-state index in [0.717, 1.165) is 6.42 Å².